The van der Waals surface area contributed by atoms with E-state index in [0.29, 0.717) is 0 Å². The Kier molecular flexibility index (Phi) is 2.80. The lowest BCUT2D eigenvalue weighted by Gasteiger charge is -2.20. The van der Waals surface area contributed by atoms with Gasteiger partial charge in [-0.3, -0.25) is 0 Å². The number of fused-ring (bicyclic) bond motifs is 4. The van der Waals surface area contributed by atoms with Crippen LogP contribution in [0.2, 0.25) is 0 Å². The van der Waals surface area contributed by atoms with E-state index in [9.17, 15) is 19.2 Å². The maximum absolute atomic E-state index is 10.3. The summed E-state index contributed by atoms with van der Waals surface area (Å²) in [6.07, 6.45) is 0. The smallest absolute Gasteiger partial charge is 0.0622 e. The molecule has 10 aromatic rings. The SMILES string of the molecule is [2H]c1cc(-c2c([2H])c([2H])c(-c3c([2H])c([2H])c([2H])c([2H])c3[2H])c([2H])c2[2H])c([2H])c(-c2c3c([2H])c([2H])c([2H])c([2H])c3c(-c3c([2H])c([2H])c([2H])c4c([2H])c([2H])c([2H])c([2H])c34)c3c([2H])c(-c4c([2H])c([2H])c5c([2H])c([2H])c([2H])c([2H])c5c4[2H])c([2H])c([2H])c23)c1[2H]. The second-order valence-electron chi connectivity index (χ2n) is 11.1. The quantitative estimate of drug-likeness (QED) is 0.158. The average Bonchev–Trinajstić information content (AvgIpc) is 0.697. The molecule has 0 radical (unpaired) electrons. The first-order valence-electron chi connectivity index (χ1n) is 31.8. The molecular formula is C52H34. The topological polar surface area (TPSA) is 0 Å². The Morgan fingerprint density at radius 3 is 1.60 bits per heavy atom. The maximum atomic E-state index is 10.3. The standard InChI is InChI=1S/C52H34/c1-2-12-35(13-3-1)37-24-26-38(27-25-37)41-18-10-19-44(33-41)51-47-21-8-9-22-48(47)52(46-23-11-17-39-15-6-7-20-45(39)46)50-34-43(30-31-49(50)51)42-29-28-36-14-4-5-16-40(36)32-42/h1-34H/i1D,2D,3D,4D,5D,6D,7D,8D,9D,10D,11D,12D,13D,14D,15D,16D,17D,19D,20D,21D,22D,23D,24D,25D,26D,27D,28D,29D,30D,31D,32D,33D,34D. The van der Waals surface area contributed by atoms with Crippen LogP contribution in [0.3, 0.4) is 0 Å². The van der Waals surface area contributed by atoms with E-state index in [1.807, 2.05) is 0 Å². The van der Waals surface area contributed by atoms with Gasteiger partial charge in [-0.1, -0.05) is 187 Å². The summed E-state index contributed by atoms with van der Waals surface area (Å²) in [7, 11) is 0. The summed E-state index contributed by atoms with van der Waals surface area (Å²) in [5.41, 5.74) is -8.55. The molecule has 10 rings (SSSR count). The molecule has 0 saturated carbocycles. The summed E-state index contributed by atoms with van der Waals surface area (Å²) in [5, 5.41) is -6.43. The van der Waals surface area contributed by atoms with Gasteiger partial charge < -0.3 is 0 Å². The number of rotatable bonds is 5. The van der Waals surface area contributed by atoms with Gasteiger partial charge in [-0.15, -0.1) is 0 Å². The van der Waals surface area contributed by atoms with Gasteiger partial charge in [0.2, 0.25) is 0 Å². The van der Waals surface area contributed by atoms with Crippen LogP contribution in [-0.4, -0.2) is 0 Å². The monoisotopic (exact) mass is 691 g/mol. The molecule has 0 fully saturated rings. The summed E-state index contributed by atoms with van der Waals surface area (Å²) in [6.45, 7) is 0. The molecule has 0 heteroatoms. The Hall–Kier alpha value is -6.76. The third-order valence-corrected chi connectivity index (χ3v) is 8.13. The molecule has 0 saturated heterocycles. The Morgan fingerprint density at radius 2 is 0.788 bits per heavy atom. The fourth-order valence-corrected chi connectivity index (χ4v) is 5.84. The maximum Gasteiger partial charge on any atom is 0.0636 e. The second kappa shape index (κ2) is 12.5. The molecule has 0 unspecified atom stereocenters. The number of benzene rings is 10. The minimum atomic E-state index is -1.20. The van der Waals surface area contributed by atoms with E-state index in [2.05, 4.69) is 0 Å². The highest BCUT2D eigenvalue weighted by Gasteiger charge is 2.19. The molecule has 0 N–H and O–H groups in total. The van der Waals surface area contributed by atoms with E-state index >= 15 is 0 Å². The molecule has 242 valence electrons. The molecular weight excluding hydrogens is 625 g/mol. The summed E-state index contributed by atoms with van der Waals surface area (Å²) in [5.74, 6) is 0. The van der Waals surface area contributed by atoms with E-state index < -0.39 is 298 Å². The molecule has 0 aliphatic heterocycles. The molecule has 0 spiro atoms. The highest BCUT2D eigenvalue weighted by Crippen LogP contribution is 2.47. The lowest BCUT2D eigenvalue weighted by molar-refractivity contribution is 1.58. The van der Waals surface area contributed by atoms with E-state index in [1.165, 1.54) is 0 Å². The van der Waals surface area contributed by atoms with E-state index in [1.54, 1.807) is 0 Å². The molecule has 0 amide bonds. The van der Waals surface area contributed by atoms with Gasteiger partial charge in [0.15, 0.2) is 0 Å². The Labute approximate surface area is 350 Å². The largest absolute Gasteiger partial charge is 0.0636 e. The highest BCUT2D eigenvalue weighted by molar-refractivity contribution is 6.24. The van der Waals surface area contributed by atoms with Crippen LogP contribution in [0.15, 0.2) is 205 Å². The van der Waals surface area contributed by atoms with E-state index in [0.717, 1.165) is 6.07 Å². The van der Waals surface area contributed by atoms with Crippen LogP contribution in [0.4, 0.5) is 0 Å². The van der Waals surface area contributed by atoms with Crippen molar-refractivity contribution in [2.75, 3.05) is 0 Å². The second-order valence-corrected chi connectivity index (χ2v) is 11.1. The Bertz CT molecular complexity index is 4790. The first-order valence-corrected chi connectivity index (χ1v) is 15.3. The van der Waals surface area contributed by atoms with Crippen molar-refractivity contribution in [2.24, 2.45) is 0 Å². The zero-order chi connectivity index (χ0) is 63.2. The van der Waals surface area contributed by atoms with Crippen molar-refractivity contribution in [2.45, 2.75) is 0 Å². The molecule has 0 nitrogen and oxygen atoms in total. The van der Waals surface area contributed by atoms with Crippen LogP contribution in [0.5, 0.6) is 0 Å². The van der Waals surface area contributed by atoms with Gasteiger partial charge in [-0.25, -0.2) is 0 Å². The predicted molar refractivity (Wildman–Crippen MR) is 224 cm³/mol. The fourth-order valence-electron chi connectivity index (χ4n) is 5.84. The third kappa shape index (κ3) is 5.16. The molecule has 0 aliphatic rings. The van der Waals surface area contributed by atoms with Crippen molar-refractivity contribution in [1.82, 2.24) is 0 Å². The van der Waals surface area contributed by atoms with Crippen LogP contribution in [0.1, 0.15) is 45.2 Å². The van der Waals surface area contributed by atoms with Crippen molar-refractivity contribution in [3.05, 3.63) is 205 Å². The first-order chi connectivity index (χ1) is 39.5. The normalized spacial score (nSPS) is 20.3. The lowest BCUT2D eigenvalue weighted by Crippen LogP contribution is -1.93. The Balaban J connectivity index is 1.52. The van der Waals surface area contributed by atoms with Gasteiger partial charge in [-0.2, -0.15) is 0 Å². The summed E-state index contributed by atoms with van der Waals surface area (Å²) >= 11 is 0. The van der Waals surface area contributed by atoms with Crippen molar-refractivity contribution in [3.8, 4) is 55.6 Å². The minimum Gasteiger partial charge on any atom is -0.0622 e. The zero-order valence-electron chi connectivity index (χ0n) is 59.1. The van der Waals surface area contributed by atoms with E-state index in [4.69, 9.17) is 26.0 Å². The fraction of sp³-hybridized carbons (Fsp3) is 0. The van der Waals surface area contributed by atoms with Crippen LogP contribution < -0.4 is 0 Å². The van der Waals surface area contributed by atoms with Gasteiger partial charge >= 0.3 is 0 Å². The van der Waals surface area contributed by atoms with Gasteiger partial charge in [0.1, 0.15) is 0 Å². The van der Waals surface area contributed by atoms with Gasteiger partial charge in [0.25, 0.3) is 0 Å². The van der Waals surface area contributed by atoms with E-state index in [-0.39, 0.29) is 0 Å². The number of hydrogen-bond acceptors (Lipinski definition) is 0. The molecule has 0 aromatic heterocycles. The molecule has 0 aliphatic carbocycles. The minimum absolute atomic E-state index is 0.639. The molecule has 0 bridgehead atoms. The Morgan fingerprint density at radius 1 is 0.250 bits per heavy atom. The summed E-state index contributed by atoms with van der Waals surface area (Å²) in [4.78, 5) is 0. The molecule has 0 atom stereocenters. The predicted octanol–water partition coefficient (Wildman–Crippen LogP) is 14.6. The van der Waals surface area contributed by atoms with Crippen molar-refractivity contribution in [3.63, 3.8) is 0 Å². The lowest BCUT2D eigenvalue weighted by atomic mass is 9.83. The zero-order valence-corrected chi connectivity index (χ0v) is 26.1. The highest BCUT2D eigenvalue weighted by atomic mass is 14.2. The third-order valence-electron chi connectivity index (χ3n) is 8.13. The first kappa shape index (κ1) is 11.6. The van der Waals surface area contributed by atoms with Crippen molar-refractivity contribution in [1.29, 1.82) is 0 Å². The van der Waals surface area contributed by atoms with Crippen LogP contribution in [0, 0.1) is 0 Å². The van der Waals surface area contributed by atoms with Crippen LogP contribution in [0.25, 0.3) is 98.7 Å². The average molecular weight is 692 g/mol. The van der Waals surface area contributed by atoms with Gasteiger partial charge in [0.05, 0.1) is 45.2 Å². The molecule has 52 heavy (non-hydrogen) atoms. The van der Waals surface area contributed by atoms with Gasteiger partial charge in [-0.05, 0) is 117 Å². The van der Waals surface area contributed by atoms with Crippen LogP contribution >= 0.6 is 0 Å². The van der Waals surface area contributed by atoms with Crippen molar-refractivity contribution >= 4 is 43.1 Å². The van der Waals surface area contributed by atoms with Gasteiger partial charge in [0, 0.05) is 0 Å². The summed E-state index contributed by atoms with van der Waals surface area (Å²) < 4.78 is 299. The van der Waals surface area contributed by atoms with Crippen LogP contribution in [-0.2, 0) is 0 Å². The van der Waals surface area contributed by atoms with Crippen molar-refractivity contribution < 1.29 is 45.2 Å². The number of hydrogen-bond donors (Lipinski definition) is 0. The molecule has 0 heterocycles. The molecule has 10 aromatic carbocycles. The summed E-state index contributed by atoms with van der Waals surface area (Å²) in [6, 6.07) is -32.5.